The number of anilines is 2. The van der Waals surface area contributed by atoms with Gasteiger partial charge in [-0.2, -0.15) is 0 Å². The molecule has 1 aliphatic rings. The van der Waals surface area contributed by atoms with Crippen molar-refractivity contribution in [3.63, 3.8) is 0 Å². The summed E-state index contributed by atoms with van der Waals surface area (Å²) in [6.07, 6.45) is 0.390. The summed E-state index contributed by atoms with van der Waals surface area (Å²) in [6, 6.07) is 12.5. The predicted octanol–water partition coefficient (Wildman–Crippen LogP) is 2.35. The summed E-state index contributed by atoms with van der Waals surface area (Å²) >= 11 is 0. The number of amides is 3. The van der Waals surface area contributed by atoms with Gasteiger partial charge in [-0.05, 0) is 50.3 Å². The van der Waals surface area contributed by atoms with Crippen LogP contribution in [0.25, 0.3) is 0 Å². The van der Waals surface area contributed by atoms with Gasteiger partial charge in [0.2, 0.25) is 11.8 Å². The number of rotatable bonds is 6. The highest BCUT2D eigenvalue weighted by atomic mass is 16.2. The van der Waals surface area contributed by atoms with Gasteiger partial charge < -0.3 is 20.9 Å². The van der Waals surface area contributed by atoms with Crippen LogP contribution in [0.5, 0.6) is 0 Å². The first-order chi connectivity index (χ1) is 13.8. The highest BCUT2D eigenvalue weighted by molar-refractivity contribution is 6.04. The Hall–Kier alpha value is -3.19. The van der Waals surface area contributed by atoms with E-state index in [4.69, 9.17) is 0 Å². The zero-order valence-electron chi connectivity index (χ0n) is 16.9. The number of carbonyl (C=O) groups excluding carboxylic acids is 3. The molecule has 0 aromatic heterocycles. The SMILES string of the molecule is Cc1ccc(NC(=O)C2CNC(=O)c3ccccc32)cc1NC(=O)CCN(C)C. The van der Waals surface area contributed by atoms with E-state index in [0.717, 1.165) is 11.1 Å². The normalized spacial score (nSPS) is 15.4. The first-order valence-corrected chi connectivity index (χ1v) is 9.58. The van der Waals surface area contributed by atoms with Gasteiger partial charge in [-0.25, -0.2) is 0 Å². The van der Waals surface area contributed by atoms with Crippen molar-refractivity contribution in [2.75, 3.05) is 37.8 Å². The van der Waals surface area contributed by atoms with Crippen molar-refractivity contribution >= 4 is 29.1 Å². The Bertz CT molecular complexity index is 939. The Morgan fingerprint density at radius 3 is 2.66 bits per heavy atom. The second-order valence-electron chi connectivity index (χ2n) is 7.47. The molecule has 3 rings (SSSR count). The lowest BCUT2D eigenvalue weighted by Crippen LogP contribution is -2.40. The first kappa shape index (κ1) is 20.5. The smallest absolute Gasteiger partial charge is 0.251 e. The summed E-state index contributed by atoms with van der Waals surface area (Å²) in [4.78, 5) is 39.0. The molecule has 152 valence electrons. The molecule has 1 heterocycles. The van der Waals surface area contributed by atoms with Crippen molar-refractivity contribution in [3.05, 3.63) is 59.2 Å². The molecule has 0 spiro atoms. The summed E-state index contributed by atoms with van der Waals surface area (Å²) < 4.78 is 0. The van der Waals surface area contributed by atoms with Crippen LogP contribution in [0.2, 0.25) is 0 Å². The van der Waals surface area contributed by atoms with Crippen molar-refractivity contribution in [1.29, 1.82) is 0 Å². The summed E-state index contributed by atoms with van der Waals surface area (Å²) in [7, 11) is 3.83. The second-order valence-corrected chi connectivity index (χ2v) is 7.47. The molecule has 2 aromatic carbocycles. The Morgan fingerprint density at radius 2 is 1.90 bits per heavy atom. The minimum absolute atomic E-state index is 0.0748. The van der Waals surface area contributed by atoms with E-state index in [-0.39, 0.29) is 24.3 Å². The van der Waals surface area contributed by atoms with Crippen molar-refractivity contribution in [1.82, 2.24) is 10.2 Å². The first-order valence-electron chi connectivity index (χ1n) is 9.58. The van der Waals surface area contributed by atoms with Crippen LogP contribution in [0.3, 0.4) is 0 Å². The lowest BCUT2D eigenvalue weighted by molar-refractivity contribution is -0.117. The van der Waals surface area contributed by atoms with Gasteiger partial charge in [-0.1, -0.05) is 24.3 Å². The topological polar surface area (TPSA) is 90.5 Å². The van der Waals surface area contributed by atoms with E-state index in [0.29, 0.717) is 29.9 Å². The molecule has 2 aromatic rings. The molecule has 0 aliphatic carbocycles. The molecule has 0 radical (unpaired) electrons. The quantitative estimate of drug-likeness (QED) is 0.702. The fraction of sp³-hybridized carbons (Fsp3) is 0.318. The van der Waals surface area contributed by atoms with Gasteiger partial charge in [0.25, 0.3) is 5.91 Å². The molecular weight excluding hydrogens is 368 g/mol. The number of hydrogen-bond acceptors (Lipinski definition) is 4. The summed E-state index contributed by atoms with van der Waals surface area (Å²) in [5, 5.41) is 8.58. The standard InChI is InChI=1S/C22H26N4O3/c1-14-8-9-15(12-19(14)25-20(27)10-11-26(2)3)24-22(29)18-13-23-21(28)17-7-5-4-6-16(17)18/h4-9,12,18H,10-11,13H2,1-3H3,(H,23,28)(H,24,29)(H,25,27). The van der Waals surface area contributed by atoms with Crippen LogP contribution < -0.4 is 16.0 Å². The highest BCUT2D eigenvalue weighted by Gasteiger charge is 2.30. The molecule has 0 bridgehead atoms. The largest absolute Gasteiger partial charge is 0.351 e. The average molecular weight is 394 g/mol. The van der Waals surface area contributed by atoms with Gasteiger partial charge >= 0.3 is 0 Å². The van der Waals surface area contributed by atoms with Gasteiger partial charge in [0.05, 0.1) is 5.92 Å². The van der Waals surface area contributed by atoms with Crippen LogP contribution in [-0.4, -0.2) is 49.8 Å². The van der Waals surface area contributed by atoms with Gasteiger partial charge in [-0.15, -0.1) is 0 Å². The zero-order valence-corrected chi connectivity index (χ0v) is 16.9. The predicted molar refractivity (Wildman–Crippen MR) is 113 cm³/mol. The molecule has 1 aliphatic heterocycles. The number of benzene rings is 2. The molecule has 0 saturated heterocycles. The van der Waals surface area contributed by atoms with E-state index >= 15 is 0 Å². The monoisotopic (exact) mass is 394 g/mol. The second kappa shape index (κ2) is 8.87. The number of nitrogens with zero attached hydrogens (tertiary/aromatic N) is 1. The van der Waals surface area contributed by atoms with Crippen molar-refractivity contribution in [2.45, 2.75) is 19.3 Å². The van der Waals surface area contributed by atoms with E-state index < -0.39 is 5.92 Å². The van der Waals surface area contributed by atoms with Crippen LogP contribution in [-0.2, 0) is 9.59 Å². The number of carbonyl (C=O) groups is 3. The molecule has 3 amide bonds. The lowest BCUT2D eigenvalue weighted by atomic mass is 9.89. The number of hydrogen-bond donors (Lipinski definition) is 3. The Morgan fingerprint density at radius 1 is 1.14 bits per heavy atom. The van der Waals surface area contributed by atoms with E-state index in [2.05, 4.69) is 16.0 Å². The third kappa shape index (κ3) is 5.00. The molecule has 7 heteroatoms. The van der Waals surface area contributed by atoms with Crippen LogP contribution >= 0.6 is 0 Å². The number of aryl methyl sites for hydroxylation is 1. The molecule has 3 N–H and O–H groups in total. The van der Waals surface area contributed by atoms with Crippen LogP contribution in [0.1, 0.15) is 33.8 Å². The van der Waals surface area contributed by atoms with E-state index in [9.17, 15) is 14.4 Å². The molecule has 7 nitrogen and oxygen atoms in total. The van der Waals surface area contributed by atoms with Gasteiger partial charge in [0, 0.05) is 36.4 Å². The molecule has 29 heavy (non-hydrogen) atoms. The van der Waals surface area contributed by atoms with Crippen molar-refractivity contribution < 1.29 is 14.4 Å². The molecule has 1 unspecified atom stereocenters. The van der Waals surface area contributed by atoms with Gasteiger partial charge in [-0.3, -0.25) is 14.4 Å². The Kier molecular flexibility index (Phi) is 6.29. The maximum atomic E-state index is 12.9. The van der Waals surface area contributed by atoms with Gasteiger partial charge in [0.15, 0.2) is 0 Å². The molecule has 0 saturated carbocycles. The maximum Gasteiger partial charge on any atom is 0.251 e. The van der Waals surface area contributed by atoms with Gasteiger partial charge in [0.1, 0.15) is 0 Å². The molecular formula is C22H26N4O3. The molecule has 0 fully saturated rings. The average Bonchev–Trinajstić information content (AvgIpc) is 2.69. The molecule has 1 atom stereocenters. The minimum Gasteiger partial charge on any atom is -0.351 e. The third-order valence-electron chi connectivity index (χ3n) is 4.93. The fourth-order valence-corrected chi connectivity index (χ4v) is 3.24. The van der Waals surface area contributed by atoms with Crippen LogP contribution in [0, 0.1) is 6.92 Å². The summed E-state index contributed by atoms with van der Waals surface area (Å²) in [5.41, 5.74) is 3.42. The van der Waals surface area contributed by atoms with Crippen molar-refractivity contribution in [3.8, 4) is 0 Å². The lowest BCUT2D eigenvalue weighted by Gasteiger charge is -2.25. The zero-order chi connectivity index (χ0) is 21.0. The van der Waals surface area contributed by atoms with Crippen LogP contribution in [0.15, 0.2) is 42.5 Å². The van der Waals surface area contributed by atoms with Crippen LogP contribution in [0.4, 0.5) is 11.4 Å². The van der Waals surface area contributed by atoms with E-state index in [1.807, 2.05) is 44.1 Å². The highest BCUT2D eigenvalue weighted by Crippen LogP contribution is 2.26. The maximum absolute atomic E-state index is 12.9. The third-order valence-corrected chi connectivity index (χ3v) is 4.93. The summed E-state index contributed by atoms with van der Waals surface area (Å²) in [6.45, 7) is 2.82. The number of fused-ring (bicyclic) bond motifs is 1. The Balaban J connectivity index is 1.72. The number of nitrogens with one attached hydrogen (secondary N) is 3. The fourth-order valence-electron chi connectivity index (χ4n) is 3.24. The minimum atomic E-state index is -0.469. The van der Waals surface area contributed by atoms with Crippen molar-refractivity contribution in [2.24, 2.45) is 0 Å². The van der Waals surface area contributed by atoms with E-state index in [1.165, 1.54) is 0 Å². The summed E-state index contributed by atoms with van der Waals surface area (Å²) in [5.74, 6) is -0.911. The van der Waals surface area contributed by atoms with E-state index in [1.54, 1.807) is 24.3 Å². The Labute approximate surface area is 170 Å².